The Labute approximate surface area is 149 Å². The fraction of sp³-hybridized carbons (Fsp3) is 0.200. The maximum Gasteiger partial charge on any atom is 0.336 e. The highest BCUT2D eigenvalue weighted by Crippen LogP contribution is 2.29. The van der Waals surface area contributed by atoms with Crippen LogP contribution in [0.1, 0.15) is 16.7 Å². The molecule has 4 rings (SSSR count). The lowest BCUT2D eigenvalue weighted by atomic mass is 10.0. The van der Waals surface area contributed by atoms with Gasteiger partial charge in [0.15, 0.2) is 5.16 Å². The molecule has 4 aromatic rings. The number of rotatable bonds is 3. The Morgan fingerprint density at radius 2 is 1.96 bits per heavy atom. The number of aromatic nitrogens is 2. The molecule has 0 amide bonds. The van der Waals surface area contributed by atoms with E-state index in [9.17, 15) is 4.79 Å². The van der Waals surface area contributed by atoms with Gasteiger partial charge in [-0.05, 0) is 42.7 Å². The van der Waals surface area contributed by atoms with E-state index in [4.69, 9.17) is 4.42 Å². The summed E-state index contributed by atoms with van der Waals surface area (Å²) in [5.74, 6) is 0.668. The molecule has 25 heavy (non-hydrogen) atoms. The third-order valence-corrected chi connectivity index (χ3v) is 5.70. The van der Waals surface area contributed by atoms with Gasteiger partial charge in [0, 0.05) is 24.3 Å². The summed E-state index contributed by atoms with van der Waals surface area (Å²) in [6.07, 6.45) is 0. The number of fused-ring (bicyclic) bond motifs is 2. The number of hydrogen-bond donors (Lipinski definition) is 0. The first-order chi connectivity index (χ1) is 12.0. The van der Waals surface area contributed by atoms with Crippen molar-refractivity contribution in [2.45, 2.75) is 24.8 Å². The van der Waals surface area contributed by atoms with Crippen molar-refractivity contribution in [1.29, 1.82) is 0 Å². The van der Waals surface area contributed by atoms with Gasteiger partial charge in [-0.15, -0.1) is 0 Å². The lowest BCUT2D eigenvalue weighted by molar-refractivity contribution is 0.557. The summed E-state index contributed by atoms with van der Waals surface area (Å²) in [5, 5.41) is 1.93. The van der Waals surface area contributed by atoms with Crippen molar-refractivity contribution < 1.29 is 4.42 Å². The average Bonchev–Trinajstić information content (AvgIpc) is 2.93. The summed E-state index contributed by atoms with van der Waals surface area (Å²) in [4.78, 5) is 16.7. The summed E-state index contributed by atoms with van der Waals surface area (Å²) in [6, 6.07) is 13.8. The van der Waals surface area contributed by atoms with Gasteiger partial charge in [-0.3, -0.25) is 0 Å². The van der Waals surface area contributed by atoms with Crippen molar-refractivity contribution in [3.63, 3.8) is 0 Å². The summed E-state index contributed by atoms with van der Waals surface area (Å²) in [6.45, 7) is 4.01. The first kappa shape index (κ1) is 16.0. The summed E-state index contributed by atoms with van der Waals surface area (Å²) >= 11 is 1.63. The fourth-order valence-electron chi connectivity index (χ4n) is 3.04. The van der Waals surface area contributed by atoms with E-state index >= 15 is 0 Å². The molecule has 5 heteroatoms. The zero-order valence-electron chi connectivity index (χ0n) is 14.4. The van der Waals surface area contributed by atoms with Crippen molar-refractivity contribution in [3.8, 4) is 0 Å². The van der Waals surface area contributed by atoms with Crippen LogP contribution in [0.25, 0.3) is 22.0 Å². The van der Waals surface area contributed by atoms with Crippen molar-refractivity contribution in [2.24, 2.45) is 7.05 Å². The van der Waals surface area contributed by atoms with E-state index in [1.165, 1.54) is 0 Å². The molecule has 2 heterocycles. The summed E-state index contributed by atoms with van der Waals surface area (Å²) < 4.78 is 7.54. The second-order valence-electron chi connectivity index (χ2n) is 6.21. The number of nitrogens with zero attached hydrogens (tertiary/aromatic N) is 2. The normalized spacial score (nSPS) is 11.5. The maximum atomic E-state index is 12.0. The second-order valence-corrected chi connectivity index (χ2v) is 7.15. The van der Waals surface area contributed by atoms with Crippen molar-refractivity contribution in [2.75, 3.05) is 0 Å². The van der Waals surface area contributed by atoms with Gasteiger partial charge in [-0.1, -0.05) is 36.0 Å². The van der Waals surface area contributed by atoms with Gasteiger partial charge in [0.05, 0.1) is 11.0 Å². The molecule has 2 aromatic carbocycles. The molecule has 0 spiro atoms. The molecule has 0 radical (unpaired) electrons. The molecular formula is C20H18N2O2S. The molecular weight excluding hydrogens is 332 g/mol. The van der Waals surface area contributed by atoms with Crippen LogP contribution in [0.5, 0.6) is 0 Å². The van der Waals surface area contributed by atoms with Crippen LogP contribution in [0, 0.1) is 13.8 Å². The standard InChI is InChI=1S/C20H18N2O2S/c1-12-8-9-15-14(10-18(23)24-19(15)13(12)2)11-25-20-21-16-6-4-5-7-17(16)22(20)3/h4-10H,11H2,1-3H3. The van der Waals surface area contributed by atoms with Crippen LogP contribution < -0.4 is 5.63 Å². The van der Waals surface area contributed by atoms with E-state index < -0.39 is 0 Å². The molecule has 0 saturated heterocycles. The van der Waals surface area contributed by atoms with Gasteiger partial charge in [0.25, 0.3) is 0 Å². The molecule has 4 nitrogen and oxygen atoms in total. The smallest absolute Gasteiger partial charge is 0.336 e. The lowest BCUT2D eigenvalue weighted by Crippen LogP contribution is -2.02. The Kier molecular flexibility index (Phi) is 3.88. The van der Waals surface area contributed by atoms with Gasteiger partial charge in [-0.2, -0.15) is 0 Å². The summed E-state index contributed by atoms with van der Waals surface area (Å²) in [5.41, 5.74) is 5.59. The van der Waals surface area contributed by atoms with Gasteiger partial charge < -0.3 is 8.98 Å². The topological polar surface area (TPSA) is 48.0 Å². The van der Waals surface area contributed by atoms with Gasteiger partial charge >= 0.3 is 5.63 Å². The van der Waals surface area contributed by atoms with Gasteiger partial charge in [0.1, 0.15) is 5.58 Å². The first-order valence-corrected chi connectivity index (χ1v) is 9.10. The predicted molar refractivity (Wildman–Crippen MR) is 102 cm³/mol. The van der Waals surface area contributed by atoms with Crippen LogP contribution in [0.3, 0.4) is 0 Å². The van der Waals surface area contributed by atoms with Gasteiger partial charge in [-0.25, -0.2) is 9.78 Å². The number of aryl methyl sites for hydroxylation is 3. The molecule has 0 aliphatic rings. The Balaban J connectivity index is 1.74. The van der Waals surface area contributed by atoms with Crippen molar-refractivity contribution in [1.82, 2.24) is 9.55 Å². The van der Waals surface area contributed by atoms with E-state index in [1.54, 1.807) is 17.8 Å². The average molecular weight is 350 g/mol. The SMILES string of the molecule is Cc1ccc2c(CSc3nc4ccccc4n3C)cc(=O)oc2c1C. The Morgan fingerprint density at radius 3 is 2.76 bits per heavy atom. The molecule has 0 aliphatic carbocycles. The van der Waals surface area contributed by atoms with Crippen LogP contribution >= 0.6 is 11.8 Å². The monoisotopic (exact) mass is 350 g/mol. The molecule has 0 saturated carbocycles. The third-order valence-electron chi connectivity index (χ3n) is 4.62. The molecule has 0 bridgehead atoms. The van der Waals surface area contributed by atoms with E-state index in [1.807, 2.05) is 45.2 Å². The van der Waals surface area contributed by atoms with Gasteiger partial charge in [0.2, 0.25) is 0 Å². The Hall–Kier alpha value is -2.53. The maximum absolute atomic E-state index is 12.0. The van der Waals surface area contributed by atoms with E-state index in [-0.39, 0.29) is 5.63 Å². The van der Waals surface area contributed by atoms with E-state index in [0.29, 0.717) is 11.3 Å². The second kappa shape index (κ2) is 6.08. The molecule has 0 N–H and O–H groups in total. The number of hydrogen-bond acceptors (Lipinski definition) is 4. The van der Waals surface area contributed by atoms with Crippen molar-refractivity contribution in [3.05, 3.63) is 69.6 Å². The van der Waals surface area contributed by atoms with Crippen LogP contribution in [0.15, 0.2) is 56.8 Å². The minimum absolute atomic E-state index is 0.304. The molecule has 126 valence electrons. The van der Waals surface area contributed by atoms with Crippen LogP contribution in [0.2, 0.25) is 0 Å². The lowest BCUT2D eigenvalue weighted by Gasteiger charge is -2.09. The van der Waals surface area contributed by atoms with Crippen LogP contribution in [0.4, 0.5) is 0 Å². The molecule has 2 aromatic heterocycles. The fourth-order valence-corrected chi connectivity index (χ4v) is 4.02. The minimum Gasteiger partial charge on any atom is -0.422 e. The molecule has 0 fully saturated rings. The third kappa shape index (κ3) is 2.74. The molecule has 0 atom stereocenters. The largest absolute Gasteiger partial charge is 0.422 e. The van der Waals surface area contributed by atoms with E-state index in [2.05, 4.69) is 21.7 Å². The number of para-hydroxylation sites is 2. The quantitative estimate of drug-likeness (QED) is 0.400. The van der Waals surface area contributed by atoms with Crippen molar-refractivity contribution >= 4 is 33.8 Å². The predicted octanol–water partition coefficient (Wildman–Crippen LogP) is 4.59. The highest BCUT2D eigenvalue weighted by atomic mass is 32.2. The Bertz CT molecular complexity index is 1160. The Morgan fingerprint density at radius 1 is 1.16 bits per heavy atom. The summed E-state index contributed by atoms with van der Waals surface area (Å²) in [7, 11) is 2.02. The number of benzene rings is 2. The van der Waals surface area contributed by atoms with E-state index in [0.717, 1.165) is 38.3 Å². The molecule has 0 unspecified atom stereocenters. The first-order valence-electron chi connectivity index (χ1n) is 8.12. The van der Waals surface area contributed by atoms with Crippen LogP contribution in [-0.4, -0.2) is 9.55 Å². The van der Waals surface area contributed by atoms with Crippen LogP contribution in [-0.2, 0) is 12.8 Å². The molecule has 0 aliphatic heterocycles. The zero-order chi connectivity index (χ0) is 17.6. The highest BCUT2D eigenvalue weighted by molar-refractivity contribution is 7.98. The highest BCUT2D eigenvalue weighted by Gasteiger charge is 2.12. The zero-order valence-corrected chi connectivity index (χ0v) is 15.2. The minimum atomic E-state index is -0.304. The number of thioether (sulfide) groups is 1. The number of imidazole rings is 1.